The average molecular weight is 477 g/mol. The van der Waals surface area contributed by atoms with Gasteiger partial charge in [-0.15, -0.1) is 0 Å². The van der Waals surface area contributed by atoms with Crippen LogP contribution in [0.1, 0.15) is 156 Å². The molecule has 2 rings (SSSR count). The van der Waals surface area contributed by atoms with Crippen LogP contribution in [0.15, 0.2) is 30.3 Å². The highest BCUT2D eigenvalue weighted by molar-refractivity contribution is 5.50. The Balaban J connectivity index is 2.78. The summed E-state index contributed by atoms with van der Waals surface area (Å²) in [4.78, 5) is 0. The van der Waals surface area contributed by atoms with Crippen molar-refractivity contribution in [2.75, 3.05) is 0 Å². The molecule has 0 aliphatic carbocycles. The first-order chi connectivity index (χ1) is 15.4. The summed E-state index contributed by atoms with van der Waals surface area (Å²) in [5.74, 6) is 0.440. The molecule has 0 aromatic heterocycles. The lowest BCUT2D eigenvalue weighted by molar-refractivity contribution is 0.511. The van der Waals surface area contributed by atoms with Crippen LogP contribution in [0.3, 0.4) is 0 Å². The minimum absolute atomic E-state index is 0.0897. The van der Waals surface area contributed by atoms with Crippen molar-refractivity contribution in [2.24, 2.45) is 0 Å². The van der Waals surface area contributed by atoms with Gasteiger partial charge in [0.25, 0.3) is 0 Å². The molecule has 0 saturated heterocycles. The highest BCUT2D eigenvalue weighted by Crippen LogP contribution is 2.43. The lowest BCUT2D eigenvalue weighted by Gasteiger charge is -2.36. The van der Waals surface area contributed by atoms with Gasteiger partial charge in [0.2, 0.25) is 0 Å². The summed E-state index contributed by atoms with van der Waals surface area (Å²) in [7, 11) is 0. The van der Waals surface area contributed by atoms with Crippen LogP contribution in [-0.2, 0) is 33.5 Å². The molecule has 0 spiro atoms. The molecule has 0 saturated carbocycles. The van der Waals surface area contributed by atoms with E-state index in [1.54, 1.807) is 5.56 Å². The van der Waals surface area contributed by atoms with E-state index < -0.39 is 0 Å². The van der Waals surface area contributed by atoms with E-state index >= 15 is 0 Å². The molecule has 1 atom stereocenters. The zero-order valence-corrected chi connectivity index (χ0v) is 26.2. The van der Waals surface area contributed by atoms with E-state index in [1.807, 2.05) is 0 Å². The van der Waals surface area contributed by atoms with Gasteiger partial charge in [0.15, 0.2) is 0 Å². The Labute approximate surface area is 219 Å². The van der Waals surface area contributed by atoms with Gasteiger partial charge in [-0.25, -0.2) is 0 Å². The van der Waals surface area contributed by atoms with Crippen molar-refractivity contribution in [1.29, 1.82) is 0 Å². The van der Waals surface area contributed by atoms with Crippen LogP contribution in [0.5, 0.6) is 0 Å². The van der Waals surface area contributed by atoms with Crippen LogP contribution in [0.25, 0.3) is 0 Å². The molecule has 0 heterocycles. The smallest absolute Gasteiger partial charge is 0.0126 e. The average Bonchev–Trinajstić information content (AvgIpc) is 2.63. The van der Waals surface area contributed by atoms with E-state index in [9.17, 15) is 0 Å². The van der Waals surface area contributed by atoms with E-state index in [2.05, 4.69) is 141 Å². The topological polar surface area (TPSA) is 0 Å². The molecule has 0 amide bonds. The van der Waals surface area contributed by atoms with Gasteiger partial charge in [-0.3, -0.25) is 0 Å². The molecule has 2 aromatic carbocycles. The van der Waals surface area contributed by atoms with Gasteiger partial charge in [-0.1, -0.05) is 141 Å². The standard InChI is InChI=1S/C35H56/c1-23(17-24-18-25(31(2,3)4)20-26(19-24)32(5,6)7)28-21-27(33(8,9)10)22-29(34(11,12)13)30(28)35(14,15)16/h18-23H,17H2,1-16H3. The minimum atomic E-state index is 0.0897. The van der Waals surface area contributed by atoms with Crippen LogP contribution in [0.4, 0.5) is 0 Å². The highest BCUT2D eigenvalue weighted by atomic mass is 14.4. The van der Waals surface area contributed by atoms with Gasteiger partial charge < -0.3 is 0 Å². The van der Waals surface area contributed by atoms with E-state index in [1.165, 1.54) is 33.4 Å². The largest absolute Gasteiger partial charge is 0.0581 e. The molecule has 1 unspecified atom stereocenters. The molecule has 0 aliphatic heterocycles. The van der Waals surface area contributed by atoms with E-state index in [4.69, 9.17) is 0 Å². The van der Waals surface area contributed by atoms with Crippen molar-refractivity contribution in [3.8, 4) is 0 Å². The molecule has 196 valence electrons. The number of rotatable bonds is 3. The molecule has 0 nitrogen and oxygen atoms in total. The monoisotopic (exact) mass is 476 g/mol. The number of hydrogen-bond donors (Lipinski definition) is 0. The third-order valence-electron chi connectivity index (χ3n) is 7.39. The van der Waals surface area contributed by atoms with Crippen molar-refractivity contribution < 1.29 is 0 Å². The van der Waals surface area contributed by atoms with E-state index in [-0.39, 0.29) is 27.1 Å². The van der Waals surface area contributed by atoms with Gasteiger partial charge in [0.05, 0.1) is 0 Å². The maximum absolute atomic E-state index is 2.54. The van der Waals surface area contributed by atoms with Crippen molar-refractivity contribution >= 4 is 0 Å². The Morgan fingerprint density at radius 3 is 1.23 bits per heavy atom. The first-order valence-electron chi connectivity index (χ1n) is 13.8. The van der Waals surface area contributed by atoms with Crippen LogP contribution in [0, 0.1) is 0 Å². The summed E-state index contributed by atoms with van der Waals surface area (Å²) >= 11 is 0. The molecule has 0 heteroatoms. The molecule has 2 aromatic rings. The fraction of sp³-hybridized carbons (Fsp3) is 0.657. The zero-order valence-electron chi connectivity index (χ0n) is 26.2. The Hall–Kier alpha value is -1.56. The maximum Gasteiger partial charge on any atom is -0.0126 e. The first-order valence-corrected chi connectivity index (χ1v) is 13.8. The molecular weight excluding hydrogens is 420 g/mol. The lowest BCUT2D eigenvalue weighted by Crippen LogP contribution is -2.27. The van der Waals surface area contributed by atoms with Crippen LogP contribution in [-0.4, -0.2) is 0 Å². The van der Waals surface area contributed by atoms with Gasteiger partial charge in [-0.2, -0.15) is 0 Å². The zero-order chi connectivity index (χ0) is 27.4. The minimum Gasteiger partial charge on any atom is -0.0581 e. The Bertz CT molecular complexity index is 996. The van der Waals surface area contributed by atoms with Crippen LogP contribution < -0.4 is 0 Å². The number of benzene rings is 2. The van der Waals surface area contributed by atoms with Gasteiger partial charge in [-0.05, 0) is 78.4 Å². The molecule has 0 bridgehead atoms. The summed E-state index contributed by atoms with van der Waals surface area (Å²) in [6, 6.07) is 12.4. The van der Waals surface area contributed by atoms with Gasteiger partial charge >= 0.3 is 0 Å². The Kier molecular flexibility index (Phi) is 7.96. The summed E-state index contributed by atoms with van der Waals surface area (Å²) < 4.78 is 0. The fourth-order valence-electron chi connectivity index (χ4n) is 5.05. The van der Waals surface area contributed by atoms with Gasteiger partial charge in [0, 0.05) is 0 Å². The second kappa shape index (κ2) is 9.39. The molecular formula is C35H56. The molecule has 0 aliphatic rings. The SMILES string of the molecule is CC(Cc1cc(C(C)(C)C)cc(C(C)(C)C)c1)c1cc(C(C)(C)C)cc(C(C)(C)C)c1C(C)(C)C. The van der Waals surface area contributed by atoms with Crippen molar-refractivity contribution in [1.82, 2.24) is 0 Å². The quantitative estimate of drug-likeness (QED) is 0.413. The summed E-state index contributed by atoms with van der Waals surface area (Å²) in [5.41, 5.74) is 11.0. The second-order valence-electron chi connectivity index (χ2n) is 16.3. The lowest BCUT2D eigenvalue weighted by atomic mass is 9.68. The maximum atomic E-state index is 2.54. The Morgan fingerprint density at radius 2 is 0.886 bits per heavy atom. The summed E-state index contributed by atoms with van der Waals surface area (Å²) in [6.07, 6.45) is 1.06. The number of hydrogen-bond acceptors (Lipinski definition) is 0. The summed E-state index contributed by atoms with van der Waals surface area (Å²) in [6.45, 7) is 37.8. The normalized spacial score (nSPS) is 14.9. The van der Waals surface area contributed by atoms with E-state index in [0.29, 0.717) is 5.92 Å². The predicted molar refractivity (Wildman–Crippen MR) is 159 cm³/mol. The van der Waals surface area contributed by atoms with Gasteiger partial charge in [0.1, 0.15) is 0 Å². The third-order valence-corrected chi connectivity index (χ3v) is 7.39. The van der Waals surface area contributed by atoms with Crippen LogP contribution >= 0.6 is 0 Å². The van der Waals surface area contributed by atoms with E-state index in [0.717, 1.165) is 6.42 Å². The third kappa shape index (κ3) is 7.24. The van der Waals surface area contributed by atoms with Crippen molar-refractivity contribution in [2.45, 2.75) is 150 Å². The van der Waals surface area contributed by atoms with Crippen molar-refractivity contribution in [3.05, 3.63) is 69.3 Å². The Morgan fingerprint density at radius 1 is 0.486 bits per heavy atom. The molecule has 0 fully saturated rings. The highest BCUT2D eigenvalue weighted by Gasteiger charge is 2.32. The molecule has 0 N–H and O–H groups in total. The summed E-state index contributed by atoms with van der Waals surface area (Å²) in [5, 5.41) is 0. The van der Waals surface area contributed by atoms with Crippen molar-refractivity contribution in [3.63, 3.8) is 0 Å². The van der Waals surface area contributed by atoms with Crippen LogP contribution in [0.2, 0.25) is 0 Å². The first kappa shape index (κ1) is 29.7. The fourth-order valence-corrected chi connectivity index (χ4v) is 5.05. The molecule has 35 heavy (non-hydrogen) atoms. The molecule has 0 radical (unpaired) electrons. The predicted octanol–water partition coefficient (Wildman–Crippen LogP) is 10.5. The second-order valence-corrected chi connectivity index (χ2v) is 16.3.